The Balaban J connectivity index is 2.05. The van der Waals surface area contributed by atoms with Crippen molar-refractivity contribution in [2.45, 2.75) is 0 Å². The number of nitrogen functional groups attached to an aromatic ring is 1. The molecule has 0 radical (unpaired) electrons. The maximum Gasteiger partial charge on any atom is 0.276 e. The minimum atomic E-state index is -0.295. The molecule has 0 aliphatic carbocycles. The Bertz CT molecular complexity index is 1050. The van der Waals surface area contributed by atoms with Gasteiger partial charge >= 0.3 is 0 Å². The average Bonchev–Trinajstić information content (AvgIpc) is 2.93. The Hall–Kier alpha value is -3.41. The first kappa shape index (κ1) is 13.3. The van der Waals surface area contributed by atoms with Crippen LogP contribution < -0.4 is 11.3 Å². The van der Waals surface area contributed by atoms with Crippen LogP contribution in [0.3, 0.4) is 0 Å². The lowest BCUT2D eigenvalue weighted by Gasteiger charge is -2.08. The summed E-state index contributed by atoms with van der Waals surface area (Å²) in [5.41, 5.74) is 7.84. The van der Waals surface area contributed by atoms with Crippen molar-refractivity contribution in [2.24, 2.45) is 0 Å². The van der Waals surface area contributed by atoms with Crippen LogP contribution in [0.25, 0.3) is 28.1 Å². The number of benzene rings is 2. The summed E-state index contributed by atoms with van der Waals surface area (Å²) in [6.45, 7) is 0. The molecule has 6 nitrogen and oxygen atoms in total. The second-order valence-corrected chi connectivity index (χ2v) is 5.14. The predicted octanol–water partition coefficient (Wildman–Crippen LogP) is 2.36. The van der Waals surface area contributed by atoms with E-state index in [9.17, 15) is 4.79 Å². The number of nitrogens with two attached hydrogens (primary N) is 1. The molecule has 0 aliphatic heterocycles. The van der Waals surface area contributed by atoms with Crippen LogP contribution in [0.5, 0.6) is 0 Å². The second kappa shape index (κ2) is 5.10. The lowest BCUT2D eigenvalue weighted by atomic mass is 10.1. The zero-order valence-electron chi connectivity index (χ0n) is 12.1. The first-order valence-corrected chi connectivity index (χ1v) is 7.12. The maximum atomic E-state index is 12.0. The van der Waals surface area contributed by atoms with Crippen molar-refractivity contribution >= 4 is 16.7 Å². The van der Waals surface area contributed by atoms with Crippen molar-refractivity contribution in [1.29, 1.82) is 0 Å². The molecule has 0 bridgehead atoms. The molecule has 0 amide bonds. The molecule has 23 heavy (non-hydrogen) atoms. The number of nitrogens with zero attached hydrogens (tertiary/aromatic N) is 3. The van der Waals surface area contributed by atoms with Gasteiger partial charge in [-0.2, -0.15) is 4.68 Å². The highest BCUT2D eigenvalue weighted by atomic mass is 16.1. The fourth-order valence-electron chi connectivity index (χ4n) is 2.54. The third-order valence-corrected chi connectivity index (χ3v) is 3.58. The molecule has 0 aliphatic rings. The first-order valence-electron chi connectivity index (χ1n) is 7.12. The zero-order chi connectivity index (χ0) is 15.8. The highest BCUT2D eigenvalue weighted by Gasteiger charge is 2.12. The summed E-state index contributed by atoms with van der Waals surface area (Å²) in [6, 6.07) is 18.8. The van der Waals surface area contributed by atoms with Gasteiger partial charge in [0.25, 0.3) is 11.5 Å². The van der Waals surface area contributed by atoms with E-state index in [0.29, 0.717) is 0 Å². The molecular weight excluding hydrogens is 290 g/mol. The normalized spacial score (nSPS) is 11.0. The Morgan fingerprint density at radius 3 is 2.43 bits per heavy atom. The standard InChI is InChI=1S/C17H13N5O/c18-14-10-15(23)22(21-14)17-19-13-9-5-4-8-12(13)16(20-17)11-6-2-1-3-7-11/h1-10,21H,18H2. The van der Waals surface area contributed by atoms with Crippen LogP contribution in [0.4, 0.5) is 5.82 Å². The van der Waals surface area contributed by atoms with Gasteiger partial charge in [-0.05, 0) is 6.07 Å². The minimum Gasteiger partial charge on any atom is -0.384 e. The highest BCUT2D eigenvalue weighted by molar-refractivity contribution is 5.92. The summed E-state index contributed by atoms with van der Waals surface area (Å²) < 4.78 is 1.24. The topological polar surface area (TPSA) is 89.6 Å². The van der Waals surface area contributed by atoms with E-state index in [0.717, 1.165) is 22.2 Å². The molecule has 4 aromatic rings. The predicted molar refractivity (Wildman–Crippen MR) is 89.3 cm³/mol. The maximum absolute atomic E-state index is 12.0. The number of H-pyrrole nitrogens is 1. The Morgan fingerprint density at radius 1 is 0.957 bits per heavy atom. The molecule has 0 saturated heterocycles. The van der Waals surface area contributed by atoms with Gasteiger partial charge in [0.2, 0.25) is 0 Å². The van der Waals surface area contributed by atoms with E-state index < -0.39 is 0 Å². The Morgan fingerprint density at radius 2 is 1.70 bits per heavy atom. The van der Waals surface area contributed by atoms with Crippen LogP contribution in [-0.4, -0.2) is 19.7 Å². The van der Waals surface area contributed by atoms with Gasteiger partial charge in [0.15, 0.2) is 0 Å². The Kier molecular flexibility index (Phi) is 2.94. The van der Waals surface area contributed by atoms with Gasteiger partial charge in [0.05, 0.1) is 11.2 Å². The number of aromatic nitrogens is 4. The molecule has 0 atom stereocenters. The van der Waals surface area contributed by atoms with E-state index in [1.54, 1.807) is 0 Å². The molecular formula is C17H13N5O. The van der Waals surface area contributed by atoms with Crippen LogP contribution in [0, 0.1) is 0 Å². The van der Waals surface area contributed by atoms with E-state index in [2.05, 4.69) is 15.1 Å². The van der Waals surface area contributed by atoms with E-state index >= 15 is 0 Å². The molecule has 112 valence electrons. The van der Waals surface area contributed by atoms with Crippen molar-refractivity contribution in [3.8, 4) is 17.2 Å². The van der Waals surface area contributed by atoms with Gasteiger partial charge in [-0.1, -0.05) is 48.5 Å². The van der Waals surface area contributed by atoms with Gasteiger partial charge < -0.3 is 5.73 Å². The number of hydrogen-bond donors (Lipinski definition) is 2. The number of hydrogen-bond acceptors (Lipinski definition) is 4. The van der Waals surface area contributed by atoms with Crippen LogP contribution in [-0.2, 0) is 0 Å². The number of para-hydroxylation sites is 1. The van der Waals surface area contributed by atoms with Gasteiger partial charge in [0, 0.05) is 17.0 Å². The molecule has 0 spiro atoms. The summed E-state index contributed by atoms with van der Waals surface area (Å²) in [6.07, 6.45) is 0. The molecule has 4 rings (SSSR count). The van der Waals surface area contributed by atoms with Gasteiger partial charge in [-0.3, -0.25) is 9.89 Å². The number of rotatable bonds is 2. The fraction of sp³-hybridized carbons (Fsp3) is 0. The minimum absolute atomic E-state index is 0.268. The van der Waals surface area contributed by atoms with Crippen LogP contribution in [0.2, 0.25) is 0 Å². The zero-order valence-corrected chi connectivity index (χ0v) is 12.1. The summed E-state index contributed by atoms with van der Waals surface area (Å²) in [7, 11) is 0. The van der Waals surface area contributed by atoms with E-state index in [-0.39, 0.29) is 17.3 Å². The number of fused-ring (bicyclic) bond motifs is 1. The van der Waals surface area contributed by atoms with Crippen LogP contribution in [0.15, 0.2) is 65.5 Å². The van der Waals surface area contributed by atoms with Crippen molar-refractivity contribution < 1.29 is 0 Å². The molecule has 0 unspecified atom stereocenters. The van der Waals surface area contributed by atoms with Crippen molar-refractivity contribution in [3.05, 3.63) is 71.0 Å². The van der Waals surface area contributed by atoms with E-state index in [1.165, 1.54) is 10.7 Å². The van der Waals surface area contributed by atoms with Gasteiger partial charge in [0.1, 0.15) is 5.82 Å². The number of anilines is 1. The Labute approximate surface area is 131 Å². The summed E-state index contributed by atoms with van der Waals surface area (Å²) >= 11 is 0. The van der Waals surface area contributed by atoms with Crippen molar-refractivity contribution in [2.75, 3.05) is 5.73 Å². The lowest BCUT2D eigenvalue weighted by Crippen LogP contribution is -2.17. The SMILES string of the molecule is Nc1cc(=O)n(-c2nc(-c3ccccc3)c3ccccc3n2)[nH]1. The average molecular weight is 303 g/mol. The summed E-state index contributed by atoms with van der Waals surface area (Å²) in [5.74, 6) is 0.539. The monoisotopic (exact) mass is 303 g/mol. The van der Waals surface area contributed by atoms with Crippen LogP contribution in [0.1, 0.15) is 0 Å². The fourth-order valence-corrected chi connectivity index (χ4v) is 2.54. The number of aromatic amines is 1. The quantitative estimate of drug-likeness (QED) is 0.595. The second-order valence-electron chi connectivity index (χ2n) is 5.14. The molecule has 2 heterocycles. The van der Waals surface area contributed by atoms with Gasteiger partial charge in [-0.15, -0.1) is 0 Å². The molecule has 3 N–H and O–H groups in total. The van der Waals surface area contributed by atoms with E-state index in [4.69, 9.17) is 5.73 Å². The first-order chi connectivity index (χ1) is 11.2. The largest absolute Gasteiger partial charge is 0.384 e. The van der Waals surface area contributed by atoms with E-state index in [1.807, 2.05) is 54.6 Å². The summed E-state index contributed by atoms with van der Waals surface area (Å²) in [4.78, 5) is 21.0. The van der Waals surface area contributed by atoms with Crippen molar-refractivity contribution in [1.82, 2.24) is 19.7 Å². The molecule has 6 heteroatoms. The molecule has 0 fully saturated rings. The van der Waals surface area contributed by atoms with Crippen LogP contribution >= 0.6 is 0 Å². The lowest BCUT2D eigenvalue weighted by molar-refractivity contribution is 0.795. The number of nitrogens with one attached hydrogen (secondary N) is 1. The smallest absolute Gasteiger partial charge is 0.276 e. The molecule has 0 saturated carbocycles. The van der Waals surface area contributed by atoms with Crippen molar-refractivity contribution in [3.63, 3.8) is 0 Å². The third-order valence-electron chi connectivity index (χ3n) is 3.58. The van der Waals surface area contributed by atoms with Gasteiger partial charge in [-0.25, -0.2) is 9.97 Å². The third kappa shape index (κ3) is 2.26. The molecule has 2 aromatic carbocycles. The summed E-state index contributed by atoms with van der Waals surface area (Å²) in [5, 5.41) is 3.69. The molecule has 2 aromatic heterocycles. The highest BCUT2D eigenvalue weighted by Crippen LogP contribution is 2.26.